The van der Waals surface area contributed by atoms with Crippen LogP contribution in [0.5, 0.6) is 17.2 Å². The summed E-state index contributed by atoms with van der Waals surface area (Å²) in [5, 5.41) is 3.37. The molecule has 10 heteroatoms. The van der Waals surface area contributed by atoms with Crippen molar-refractivity contribution in [1.82, 2.24) is 4.57 Å². The van der Waals surface area contributed by atoms with Crippen LogP contribution in [0.1, 0.15) is 24.1 Å². The minimum absolute atomic E-state index is 0.116. The van der Waals surface area contributed by atoms with Gasteiger partial charge in [0, 0.05) is 11.8 Å². The van der Waals surface area contributed by atoms with E-state index in [9.17, 15) is 9.59 Å². The molecule has 1 aromatic heterocycles. The van der Waals surface area contributed by atoms with Crippen molar-refractivity contribution < 1.29 is 19.0 Å². The zero-order valence-electron chi connectivity index (χ0n) is 20.9. The number of carbonyl (C=O) groups is 1. The van der Waals surface area contributed by atoms with Gasteiger partial charge in [0.25, 0.3) is 11.5 Å². The lowest BCUT2D eigenvalue weighted by Crippen LogP contribution is -2.40. The Morgan fingerprint density at radius 2 is 1.90 bits per heavy atom. The van der Waals surface area contributed by atoms with Crippen molar-refractivity contribution >= 4 is 40.6 Å². The second kappa shape index (κ2) is 10.1. The number of benzene rings is 3. The average Bonchev–Trinajstić information content (AvgIpc) is 3.51. The summed E-state index contributed by atoms with van der Waals surface area (Å²) in [6.45, 7) is 1.89. The molecule has 1 amide bonds. The summed E-state index contributed by atoms with van der Waals surface area (Å²) >= 11 is 7.72. The zero-order valence-corrected chi connectivity index (χ0v) is 22.5. The molecule has 0 aliphatic carbocycles. The van der Waals surface area contributed by atoms with Gasteiger partial charge in [0.15, 0.2) is 16.3 Å². The number of halogens is 1. The van der Waals surface area contributed by atoms with Crippen LogP contribution in [0.2, 0.25) is 5.02 Å². The van der Waals surface area contributed by atoms with Crippen molar-refractivity contribution in [1.29, 1.82) is 0 Å². The monoisotopic (exact) mass is 559 g/mol. The van der Waals surface area contributed by atoms with E-state index >= 15 is 0 Å². The molecule has 4 aromatic rings. The number of nitrogens with one attached hydrogen (secondary N) is 1. The summed E-state index contributed by atoms with van der Waals surface area (Å²) in [5.41, 5.74) is 2.56. The van der Waals surface area contributed by atoms with E-state index in [-0.39, 0.29) is 18.3 Å². The number of fused-ring (bicyclic) bond motifs is 2. The van der Waals surface area contributed by atoms with E-state index in [1.165, 1.54) is 11.3 Å². The third-order valence-electron chi connectivity index (χ3n) is 6.49. The van der Waals surface area contributed by atoms with E-state index in [1.807, 2.05) is 42.5 Å². The molecule has 2 aliphatic rings. The average molecular weight is 560 g/mol. The molecule has 0 unspecified atom stereocenters. The Bertz CT molecular complexity index is 1830. The van der Waals surface area contributed by atoms with Crippen LogP contribution in [0.3, 0.4) is 0 Å². The van der Waals surface area contributed by atoms with E-state index in [0.29, 0.717) is 54.1 Å². The molecule has 0 spiro atoms. The van der Waals surface area contributed by atoms with E-state index in [2.05, 4.69) is 10.3 Å². The Labute approximate surface area is 232 Å². The lowest BCUT2D eigenvalue weighted by Gasteiger charge is -2.25. The Hall–Kier alpha value is -4.34. The number of anilines is 1. The van der Waals surface area contributed by atoms with Gasteiger partial charge in [-0.2, -0.15) is 0 Å². The molecule has 2 aliphatic heterocycles. The van der Waals surface area contributed by atoms with Crippen molar-refractivity contribution in [3.63, 3.8) is 0 Å². The summed E-state index contributed by atoms with van der Waals surface area (Å²) in [6.07, 6.45) is 1.71. The fourth-order valence-corrected chi connectivity index (χ4v) is 5.89. The molecule has 39 heavy (non-hydrogen) atoms. The molecular weight excluding hydrogens is 538 g/mol. The first-order chi connectivity index (χ1) is 18.9. The minimum Gasteiger partial charge on any atom is -0.497 e. The van der Waals surface area contributed by atoms with Gasteiger partial charge >= 0.3 is 0 Å². The molecule has 1 atom stereocenters. The van der Waals surface area contributed by atoms with Crippen LogP contribution in [0, 0.1) is 0 Å². The molecule has 0 bridgehead atoms. The standard InChI is InChI=1S/C29H22ClN3O5S/c1-16-25(27(34)32-19-8-4-3-5-9-19)26(17-7-6-10-20(11-17)36-2)33-28(35)24(39-29(33)31-16)13-18-12-22-23(14-21(18)30)38-15-37-22/h3-14,26H,15H2,1-2H3,(H,32,34)/b24-13-/t26-/m0/s1. The molecule has 0 saturated heterocycles. The van der Waals surface area contributed by atoms with Crippen LogP contribution in [-0.2, 0) is 4.79 Å². The number of methoxy groups -OCH3 is 1. The van der Waals surface area contributed by atoms with Crippen molar-refractivity contribution in [3.8, 4) is 17.2 Å². The van der Waals surface area contributed by atoms with Crippen molar-refractivity contribution in [2.45, 2.75) is 13.0 Å². The van der Waals surface area contributed by atoms with E-state index in [0.717, 1.165) is 5.56 Å². The smallest absolute Gasteiger partial charge is 0.271 e. The number of carbonyl (C=O) groups excluding carboxylic acids is 1. The van der Waals surface area contributed by atoms with Crippen LogP contribution in [0.25, 0.3) is 6.08 Å². The summed E-state index contributed by atoms with van der Waals surface area (Å²) < 4.78 is 18.3. The van der Waals surface area contributed by atoms with Crippen LogP contribution in [0.15, 0.2) is 87.8 Å². The highest BCUT2D eigenvalue weighted by Gasteiger charge is 2.33. The number of allylic oxidation sites excluding steroid dienone is 1. The van der Waals surface area contributed by atoms with Crippen LogP contribution >= 0.6 is 22.9 Å². The molecule has 0 radical (unpaired) electrons. The lowest BCUT2D eigenvalue weighted by atomic mass is 9.95. The second-order valence-electron chi connectivity index (χ2n) is 8.91. The number of ether oxygens (including phenoxy) is 3. The Kier molecular flexibility index (Phi) is 6.46. The molecule has 3 heterocycles. The first kappa shape index (κ1) is 25.0. The molecular formula is C29H22ClN3O5S. The van der Waals surface area contributed by atoms with E-state index in [4.69, 9.17) is 25.8 Å². The molecule has 1 N–H and O–H groups in total. The highest BCUT2D eigenvalue weighted by molar-refractivity contribution is 7.07. The number of para-hydroxylation sites is 1. The molecule has 8 nitrogen and oxygen atoms in total. The third-order valence-corrected chi connectivity index (χ3v) is 7.80. The van der Waals surface area contributed by atoms with E-state index < -0.39 is 6.04 Å². The van der Waals surface area contributed by atoms with Gasteiger partial charge in [-0.15, -0.1) is 0 Å². The van der Waals surface area contributed by atoms with Crippen molar-refractivity contribution in [3.05, 3.63) is 114 Å². The van der Waals surface area contributed by atoms with Crippen LogP contribution in [0.4, 0.5) is 5.69 Å². The number of nitrogens with zero attached hydrogens (tertiary/aromatic N) is 2. The topological polar surface area (TPSA) is 91.2 Å². The molecule has 0 saturated carbocycles. The normalized spacial score (nSPS) is 16.1. The van der Waals surface area contributed by atoms with Gasteiger partial charge in [-0.25, -0.2) is 4.99 Å². The van der Waals surface area contributed by atoms with Gasteiger partial charge in [-0.05, 0) is 54.5 Å². The van der Waals surface area contributed by atoms with Crippen LogP contribution in [-0.4, -0.2) is 24.4 Å². The third kappa shape index (κ3) is 4.60. The lowest BCUT2D eigenvalue weighted by molar-refractivity contribution is -0.113. The predicted octanol–water partition coefficient (Wildman–Crippen LogP) is 4.26. The maximum atomic E-state index is 13.9. The quantitative estimate of drug-likeness (QED) is 0.394. The Morgan fingerprint density at radius 1 is 1.13 bits per heavy atom. The first-order valence-electron chi connectivity index (χ1n) is 12.0. The van der Waals surface area contributed by atoms with Gasteiger partial charge in [0.1, 0.15) is 5.75 Å². The minimum atomic E-state index is -0.727. The number of hydrogen-bond acceptors (Lipinski definition) is 7. The Morgan fingerprint density at radius 3 is 2.67 bits per heavy atom. The van der Waals surface area contributed by atoms with Gasteiger partial charge in [0.2, 0.25) is 6.79 Å². The SMILES string of the molecule is COc1cccc([C@H]2C(C(=O)Nc3ccccc3)=C(C)N=c3s/c(=C\c4cc5c(cc4Cl)OCO5)c(=O)n32)c1. The van der Waals surface area contributed by atoms with Gasteiger partial charge in [0.05, 0.1) is 34.0 Å². The largest absolute Gasteiger partial charge is 0.497 e. The number of thiazole rings is 1. The predicted molar refractivity (Wildman–Crippen MR) is 149 cm³/mol. The fraction of sp³-hybridized carbons (Fsp3) is 0.138. The maximum absolute atomic E-state index is 13.9. The van der Waals surface area contributed by atoms with Crippen molar-refractivity contribution in [2.75, 3.05) is 19.2 Å². The maximum Gasteiger partial charge on any atom is 0.271 e. The highest BCUT2D eigenvalue weighted by atomic mass is 35.5. The highest BCUT2D eigenvalue weighted by Crippen LogP contribution is 2.37. The first-order valence-corrected chi connectivity index (χ1v) is 13.2. The Balaban J connectivity index is 1.52. The fourth-order valence-electron chi connectivity index (χ4n) is 4.64. The van der Waals surface area contributed by atoms with Crippen molar-refractivity contribution in [2.24, 2.45) is 4.99 Å². The molecule has 0 fully saturated rings. The number of rotatable bonds is 5. The van der Waals surface area contributed by atoms with Crippen LogP contribution < -0.4 is 34.4 Å². The summed E-state index contributed by atoms with van der Waals surface area (Å²) in [5.74, 6) is 1.38. The number of aromatic nitrogens is 1. The molecule has 3 aromatic carbocycles. The summed E-state index contributed by atoms with van der Waals surface area (Å²) in [4.78, 5) is 32.8. The molecule has 6 rings (SSSR count). The van der Waals surface area contributed by atoms with E-state index in [1.54, 1.807) is 48.9 Å². The van der Waals surface area contributed by atoms with Gasteiger partial charge in [-0.3, -0.25) is 14.2 Å². The second-order valence-corrected chi connectivity index (χ2v) is 10.3. The summed E-state index contributed by atoms with van der Waals surface area (Å²) in [6, 6.07) is 19.2. The zero-order chi connectivity index (χ0) is 27.1. The number of hydrogen-bond donors (Lipinski definition) is 1. The molecule has 196 valence electrons. The summed E-state index contributed by atoms with van der Waals surface area (Å²) in [7, 11) is 1.57. The number of amides is 1. The van der Waals surface area contributed by atoms with Gasteiger partial charge < -0.3 is 19.5 Å². The van der Waals surface area contributed by atoms with Gasteiger partial charge in [-0.1, -0.05) is 53.3 Å².